The smallest absolute Gasteiger partial charge is 0.350 e. The molecule has 7 heteroatoms. The number of benzene rings is 1. The minimum atomic E-state index is -4.16. The van der Waals surface area contributed by atoms with E-state index in [0.29, 0.717) is 6.08 Å². The number of hydrogen-bond donors (Lipinski definition) is 0. The van der Waals surface area contributed by atoms with E-state index in [2.05, 4.69) is 9.47 Å². The number of ether oxygens (including phenoxy) is 2. The second-order valence-corrected chi connectivity index (χ2v) is 5.99. The van der Waals surface area contributed by atoms with Crippen molar-refractivity contribution >= 4 is 21.8 Å². The zero-order valence-corrected chi connectivity index (χ0v) is 12.8. The first-order valence-corrected chi connectivity index (χ1v) is 7.59. The normalized spacial score (nSPS) is 11.9. The molecule has 0 atom stereocenters. The van der Waals surface area contributed by atoms with Gasteiger partial charge in [-0.3, -0.25) is 0 Å². The van der Waals surface area contributed by atoms with Crippen molar-refractivity contribution in [2.45, 2.75) is 18.7 Å². The summed E-state index contributed by atoms with van der Waals surface area (Å²) in [5.41, 5.74) is 0.864. The number of sulfone groups is 1. The number of esters is 2. The van der Waals surface area contributed by atoms with Gasteiger partial charge in [0, 0.05) is 6.08 Å². The number of aryl methyl sites for hydroxylation is 1. The largest absolute Gasteiger partial charge is 0.466 e. The first-order valence-electron chi connectivity index (χ1n) is 6.11. The van der Waals surface area contributed by atoms with E-state index < -0.39 is 26.7 Å². The maximum atomic E-state index is 12.4. The summed E-state index contributed by atoms with van der Waals surface area (Å²) >= 11 is 0. The van der Waals surface area contributed by atoms with E-state index in [1.807, 2.05) is 0 Å². The van der Waals surface area contributed by atoms with Crippen molar-refractivity contribution < 1.29 is 27.5 Å². The van der Waals surface area contributed by atoms with E-state index in [0.717, 1.165) is 12.7 Å². The summed E-state index contributed by atoms with van der Waals surface area (Å²) in [6, 6.07) is 5.89. The van der Waals surface area contributed by atoms with Crippen LogP contribution in [0.1, 0.15) is 12.5 Å². The molecular weight excluding hydrogens is 296 g/mol. The molecule has 1 rings (SSSR count). The summed E-state index contributed by atoms with van der Waals surface area (Å²) in [4.78, 5) is 22.2. The third kappa shape index (κ3) is 4.16. The van der Waals surface area contributed by atoms with Crippen LogP contribution in [0.25, 0.3) is 0 Å². The molecule has 0 spiro atoms. The Morgan fingerprint density at radius 2 is 1.76 bits per heavy atom. The second-order valence-electron chi connectivity index (χ2n) is 4.07. The fourth-order valence-electron chi connectivity index (χ4n) is 1.46. The lowest BCUT2D eigenvalue weighted by Gasteiger charge is -2.08. The minimum absolute atomic E-state index is 0.0131. The molecule has 0 aliphatic rings. The molecule has 0 aliphatic heterocycles. The van der Waals surface area contributed by atoms with Crippen LogP contribution in [-0.2, 0) is 28.9 Å². The fraction of sp³-hybridized carbons (Fsp3) is 0.286. The third-order valence-electron chi connectivity index (χ3n) is 2.55. The highest BCUT2D eigenvalue weighted by molar-refractivity contribution is 7.96. The SMILES string of the molecule is CCOC(=O)/C(=C\C(=O)OC)S(=O)(=O)c1ccc(C)cc1. The van der Waals surface area contributed by atoms with Gasteiger partial charge < -0.3 is 9.47 Å². The van der Waals surface area contributed by atoms with Gasteiger partial charge in [0.2, 0.25) is 9.84 Å². The Kier molecular flexibility index (Phi) is 5.66. The van der Waals surface area contributed by atoms with Crippen molar-refractivity contribution in [1.82, 2.24) is 0 Å². The molecule has 0 amide bonds. The number of rotatable bonds is 5. The van der Waals surface area contributed by atoms with E-state index in [-0.39, 0.29) is 11.5 Å². The molecule has 114 valence electrons. The number of carbonyl (C=O) groups excluding carboxylic acids is 2. The molecule has 0 bridgehead atoms. The van der Waals surface area contributed by atoms with Crippen LogP contribution in [0.2, 0.25) is 0 Å². The van der Waals surface area contributed by atoms with E-state index in [1.54, 1.807) is 19.1 Å². The Bertz CT molecular complexity index is 655. The Labute approximate surface area is 123 Å². The van der Waals surface area contributed by atoms with Gasteiger partial charge in [-0.15, -0.1) is 0 Å². The van der Waals surface area contributed by atoms with Crippen LogP contribution in [0.4, 0.5) is 0 Å². The highest BCUT2D eigenvalue weighted by Gasteiger charge is 2.29. The van der Waals surface area contributed by atoms with E-state index in [1.165, 1.54) is 19.1 Å². The standard InChI is InChI=1S/C14H16O6S/c1-4-20-14(16)12(9-13(15)19-3)21(17,18)11-7-5-10(2)6-8-11/h5-9H,4H2,1-3H3/b12-9+. The zero-order chi connectivity index (χ0) is 16.0. The molecule has 0 N–H and O–H groups in total. The molecule has 0 radical (unpaired) electrons. The first-order chi connectivity index (χ1) is 9.82. The molecule has 6 nitrogen and oxygen atoms in total. The second kappa shape index (κ2) is 7.03. The maximum absolute atomic E-state index is 12.4. The van der Waals surface area contributed by atoms with Crippen molar-refractivity contribution in [1.29, 1.82) is 0 Å². The van der Waals surface area contributed by atoms with Crippen LogP contribution < -0.4 is 0 Å². The van der Waals surface area contributed by atoms with Crippen molar-refractivity contribution in [2.24, 2.45) is 0 Å². The third-order valence-corrected chi connectivity index (χ3v) is 4.30. The van der Waals surface area contributed by atoms with Crippen molar-refractivity contribution in [3.8, 4) is 0 Å². The van der Waals surface area contributed by atoms with Crippen LogP contribution in [0.3, 0.4) is 0 Å². The van der Waals surface area contributed by atoms with Crippen molar-refractivity contribution in [3.05, 3.63) is 40.8 Å². The van der Waals surface area contributed by atoms with Gasteiger partial charge in [-0.1, -0.05) is 17.7 Å². The molecule has 1 aromatic rings. The summed E-state index contributed by atoms with van der Waals surface area (Å²) in [6.45, 7) is 3.32. The summed E-state index contributed by atoms with van der Waals surface area (Å²) in [5, 5.41) is 0. The van der Waals surface area contributed by atoms with E-state index in [4.69, 9.17) is 0 Å². The summed E-state index contributed by atoms with van der Waals surface area (Å²) in [5.74, 6) is -2.04. The Balaban J connectivity index is 3.36. The molecule has 0 saturated heterocycles. The molecule has 1 aromatic carbocycles. The van der Waals surface area contributed by atoms with Crippen molar-refractivity contribution in [3.63, 3.8) is 0 Å². The molecule has 0 aromatic heterocycles. The summed E-state index contributed by atoms with van der Waals surface area (Å²) in [7, 11) is -3.08. The Hall–Kier alpha value is -2.15. The average molecular weight is 312 g/mol. The van der Waals surface area contributed by atoms with Gasteiger partial charge in [-0.25, -0.2) is 18.0 Å². The maximum Gasteiger partial charge on any atom is 0.350 e. The Morgan fingerprint density at radius 1 is 1.19 bits per heavy atom. The topological polar surface area (TPSA) is 86.7 Å². The molecule has 0 aliphatic carbocycles. The predicted molar refractivity (Wildman–Crippen MR) is 75.1 cm³/mol. The number of methoxy groups -OCH3 is 1. The van der Waals surface area contributed by atoms with E-state index in [9.17, 15) is 18.0 Å². The van der Waals surface area contributed by atoms with Crippen LogP contribution in [0.5, 0.6) is 0 Å². The molecule has 0 unspecified atom stereocenters. The quantitative estimate of drug-likeness (QED) is 0.603. The van der Waals surface area contributed by atoms with Crippen LogP contribution in [0.15, 0.2) is 40.1 Å². The van der Waals surface area contributed by atoms with Crippen LogP contribution >= 0.6 is 0 Å². The monoisotopic (exact) mass is 312 g/mol. The van der Waals surface area contributed by atoms with Crippen molar-refractivity contribution in [2.75, 3.05) is 13.7 Å². The van der Waals surface area contributed by atoms with E-state index >= 15 is 0 Å². The van der Waals surface area contributed by atoms with Gasteiger partial charge in [-0.2, -0.15) is 0 Å². The molecule has 0 fully saturated rings. The Morgan fingerprint density at radius 3 is 2.24 bits per heavy atom. The summed E-state index contributed by atoms with van der Waals surface area (Å²) < 4.78 is 33.9. The van der Waals surface area contributed by atoms with Gasteiger partial charge >= 0.3 is 11.9 Å². The highest BCUT2D eigenvalue weighted by Crippen LogP contribution is 2.21. The predicted octanol–water partition coefficient (Wildman–Crippen LogP) is 1.39. The van der Waals surface area contributed by atoms with Gasteiger partial charge in [0.15, 0.2) is 4.91 Å². The molecule has 0 heterocycles. The fourth-order valence-corrected chi connectivity index (χ4v) is 2.74. The first kappa shape index (κ1) is 16.9. The average Bonchev–Trinajstić information content (AvgIpc) is 2.44. The lowest BCUT2D eigenvalue weighted by Crippen LogP contribution is -2.18. The zero-order valence-electron chi connectivity index (χ0n) is 12.0. The van der Waals surface area contributed by atoms with Gasteiger partial charge in [0.1, 0.15) is 0 Å². The number of hydrogen-bond acceptors (Lipinski definition) is 6. The minimum Gasteiger partial charge on any atom is -0.466 e. The summed E-state index contributed by atoms with van der Waals surface area (Å²) in [6.07, 6.45) is 0.618. The highest BCUT2D eigenvalue weighted by atomic mass is 32.2. The van der Waals surface area contributed by atoms with Gasteiger partial charge in [0.25, 0.3) is 0 Å². The number of carbonyl (C=O) groups is 2. The van der Waals surface area contributed by atoms with Gasteiger partial charge in [0.05, 0.1) is 18.6 Å². The molecule has 21 heavy (non-hydrogen) atoms. The lowest BCUT2D eigenvalue weighted by molar-refractivity contribution is -0.139. The molecular formula is C14H16O6S. The lowest BCUT2D eigenvalue weighted by atomic mass is 10.2. The van der Waals surface area contributed by atoms with Crippen LogP contribution in [-0.4, -0.2) is 34.1 Å². The van der Waals surface area contributed by atoms with Crippen LogP contribution in [0, 0.1) is 6.92 Å². The van der Waals surface area contributed by atoms with Gasteiger partial charge in [-0.05, 0) is 26.0 Å². The molecule has 0 saturated carbocycles.